The van der Waals surface area contributed by atoms with Crippen LogP contribution in [0.1, 0.15) is 18.2 Å². The van der Waals surface area contributed by atoms with Gasteiger partial charge in [-0.1, -0.05) is 23.7 Å². The maximum Gasteiger partial charge on any atom is 0.136 e. The van der Waals surface area contributed by atoms with Crippen molar-refractivity contribution in [3.8, 4) is 0 Å². The predicted octanol–water partition coefficient (Wildman–Crippen LogP) is 4.68. The molecule has 1 unspecified atom stereocenters. The monoisotopic (exact) mass is 304 g/mol. The molecule has 0 fully saturated rings. The van der Waals surface area contributed by atoms with Gasteiger partial charge in [-0.3, -0.25) is 0 Å². The highest BCUT2D eigenvalue weighted by molar-refractivity contribution is 6.30. The minimum Gasteiger partial charge on any atom is -0.458 e. The Kier molecular flexibility index (Phi) is 3.47. The first kappa shape index (κ1) is 14.1. The molecule has 1 heterocycles. The second-order valence-corrected chi connectivity index (χ2v) is 5.81. The molecule has 3 aromatic rings. The molecule has 3 rings (SSSR count). The second kappa shape index (κ2) is 5.17. The lowest BCUT2D eigenvalue weighted by Crippen LogP contribution is -2.23. The standard InChI is InChI=1S/C17H14ClFO2/c1-17(20,10-11-2-4-13(18)5-3-11)16-9-12-8-14(19)6-7-15(12)21-16/h2-9,20H,10H2,1H3. The summed E-state index contributed by atoms with van der Waals surface area (Å²) in [6.07, 6.45) is 0.381. The fraction of sp³-hybridized carbons (Fsp3) is 0.176. The van der Waals surface area contributed by atoms with Crippen LogP contribution < -0.4 is 0 Å². The van der Waals surface area contributed by atoms with Gasteiger partial charge in [0.25, 0.3) is 0 Å². The van der Waals surface area contributed by atoms with Crippen LogP contribution in [0.2, 0.25) is 5.02 Å². The molecule has 2 aromatic carbocycles. The van der Waals surface area contributed by atoms with E-state index in [0.29, 0.717) is 28.2 Å². The summed E-state index contributed by atoms with van der Waals surface area (Å²) in [5.41, 5.74) is 0.322. The normalized spacial score (nSPS) is 14.3. The zero-order valence-corrected chi connectivity index (χ0v) is 12.2. The zero-order valence-electron chi connectivity index (χ0n) is 11.4. The van der Waals surface area contributed by atoms with Crippen LogP contribution >= 0.6 is 11.6 Å². The van der Waals surface area contributed by atoms with Crippen molar-refractivity contribution >= 4 is 22.6 Å². The summed E-state index contributed by atoms with van der Waals surface area (Å²) in [6, 6.07) is 13.2. The molecule has 21 heavy (non-hydrogen) atoms. The van der Waals surface area contributed by atoms with Crippen molar-refractivity contribution in [3.05, 3.63) is 70.7 Å². The maximum absolute atomic E-state index is 13.2. The SMILES string of the molecule is CC(O)(Cc1ccc(Cl)cc1)c1cc2cc(F)ccc2o1. The van der Waals surface area contributed by atoms with Crippen molar-refractivity contribution in [3.63, 3.8) is 0 Å². The summed E-state index contributed by atoms with van der Waals surface area (Å²) in [5.74, 6) is 0.0882. The van der Waals surface area contributed by atoms with Crippen LogP contribution in [-0.2, 0) is 12.0 Å². The summed E-state index contributed by atoms with van der Waals surface area (Å²) < 4.78 is 18.9. The number of fused-ring (bicyclic) bond motifs is 1. The van der Waals surface area contributed by atoms with Gasteiger partial charge >= 0.3 is 0 Å². The fourth-order valence-corrected chi connectivity index (χ4v) is 2.49. The molecule has 1 atom stereocenters. The van der Waals surface area contributed by atoms with Gasteiger partial charge in [-0.15, -0.1) is 0 Å². The van der Waals surface area contributed by atoms with Crippen molar-refractivity contribution in [2.75, 3.05) is 0 Å². The molecule has 0 aliphatic heterocycles. The Balaban J connectivity index is 1.93. The van der Waals surface area contributed by atoms with Crippen LogP contribution in [0.5, 0.6) is 0 Å². The predicted molar refractivity (Wildman–Crippen MR) is 80.9 cm³/mol. The topological polar surface area (TPSA) is 33.4 Å². The van der Waals surface area contributed by atoms with Gasteiger partial charge in [-0.2, -0.15) is 0 Å². The molecule has 4 heteroatoms. The van der Waals surface area contributed by atoms with Crippen molar-refractivity contribution in [2.45, 2.75) is 18.9 Å². The van der Waals surface area contributed by atoms with Gasteiger partial charge in [0.1, 0.15) is 22.8 Å². The first-order valence-corrected chi connectivity index (χ1v) is 6.98. The number of benzene rings is 2. The van der Waals surface area contributed by atoms with Gasteiger partial charge in [0.05, 0.1) is 0 Å². The average molecular weight is 305 g/mol. The molecule has 0 radical (unpaired) electrons. The zero-order chi connectivity index (χ0) is 15.0. The van der Waals surface area contributed by atoms with Gasteiger partial charge < -0.3 is 9.52 Å². The molecule has 1 N–H and O–H groups in total. The van der Waals surface area contributed by atoms with Gasteiger partial charge in [0.15, 0.2) is 0 Å². The molecule has 0 saturated carbocycles. The molecule has 0 bridgehead atoms. The van der Waals surface area contributed by atoms with Crippen molar-refractivity contribution in [1.82, 2.24) is 0 Å². The summed E-state index contributed by atoms with van der Waals surface area (Å²) in [5, 5.41) is 11.9. The molecule has 0 aliphatic rings. The molecule has 0 saturated heterocycles. The van der Waals surface area contributed by atoms with Crippen LogP contribution in [-0.4, -0.2) is 5.11 Å². The first-order chi connectivity index (χ1) is 9.94. The van der Waals surface area contributed by atoms with E-state index < -0.39 is 5.60 Å². The number of hydrogen-bond donors (Lipinski definition) is 1. The van der Waals surface area contributed by atoms with Crippen LogP contribution in [0.4, 0.5) is 4.39 Å². The highest BCUT2D eigenvalue weighted by atomic mass is 35.5. The molecular formula is C17H14ClFO2. The minimum atomic E-state index is -1.18. The van der Waals surface area contributed by atoms with Crippen LogP contribution in [0.15, 0.2) is 52.9 Å². The molecule has 0 amide bonds. The quantitative estimate of drug-likeness (QED) is 0.762. The van der Waals surface area contributed by atoms with Crippen LogP contribution in [0.3, 0.4) is 0 Å². The van der Waals surface area contributed by atoms with E-state index in [4.69, 9.17) is 16.0 Å². The Morgan fingerprint density at radius 1 is 1.14 bits per heavy atom. The Labute approximate surface area is 126 Å². The van der Waals surface area contributed by atoms with E-state index in [2.05, 4.69) is 0 Å². The highest BCUT2D eigenvalue weighted by Gasteiger charge is 2.28. The van der Waals surface area contributed by atoms with Gasteiger partial charge in [0, 0.05) is 16.8 Å². The molecule has 1 aromatic heterocycles. The Morgan fingerprint density at radius 3 is 2.57 bits per heavy atom. The van der Waals surface area contributed by atoms with E-state index in [1.807, 2.05) is 12.1 Å². The average Bonchev–Trinajstić information content (AvgIpc) is 2.85. The van der Waals surface area contributed by atoms with E-state index >= 15 is 0 Å². The highest BCUT2D eigenvalue weighted by Crippen LogP contribution is 2.31. The molecular weight excluding hydrogens is 291 g/mol. The molecule has 0 aliphatic carbocycles. The molecule has 108 valence electrons. The third kappa shape index (κ3) is 2.94. The van der Waals surface area contributed by atoms with Gasteiger partial charge in [0.2, 0.25) is 0 Å². The number of aliphatic hydroxyl groups is 1. The minimum absolute atomic E-state index is 0.327. The number of rotatable bonds is 3. The number of halogens is 2. The Bertz CT molecular complexity index is 775. The summed E-state index contributed by atoms with van der Waals surface area (Å²) >= 11 is 5.85. The fourth-order valence-electron chi connectivity index (χ4n) is 2.37. The second-order valence-electron chi connectivity index (χ2n) is 5.37. The summed E-state index contributed by atoms with van der Waals surface area (Å²) in [4.78, 5) is 0. The largest absolute Gasteiger partial charge is 0.458 e. The van der Waals surface area contributed by atoms with Crippen molar-refractivity contribution in [2.24, 2.45) is 0 Å². The Hall–Kier alpha value is -1.84. The lowest BCUT2D eigenvalue weighted by molar-refractivity contribution is 0.0360. The van der Waals surface area contributed by atoms with E-state index in [0.717, 1.165) is 5.56 Å². The maximum atomic E-state index is 13.2. The number of hydrogen-bond acceptors (Lipinski definition) is 2. The van der Waals surface area contributed by atoms with E-state index in [9.17, 15) is 9.50 Å². The van der Waals surface area contributed by atoms with E-state index in [1.54, 1.807) is 31.2 Å². The van der Waals surface area contributed by atoms with Crippen LogP contribution in [0, 0.1) is 5.82 Å². The first-order valence-electron chi connectivity index (χ1n) is 6.60. The summed E-state index contributed by atoms with van der Waals surface area (Å²) in [7, 11) is 0. The third-order valence-corrected chi connectivity index (χ3v) is 3.72. The lowest BCUT2D eigenvalue weighted by atomic mass is 9.94. The van der Waals surface area contributed by atoms with E-state index in [-0.39, 0.29) is 5.82 Å². The third-order valence-electron chi connectivity index (χ3n) is 3.47. The molecule has 0 spiro atoms. The smallest absolute Gasteiger partial charge is 0.136 e. The lowest BCUT2D eigenvalue weighted by Gasteiger charge is -2.20. The van der Waals surface area contributed by atoms with Crippen molar-refractivity contribution in [1.29, 1.82) is 0 Å². The van der Waals surface area contributed by atoms with Gasteiger partial charge in [-0.05, 0) is 48.9 Å². The van der Waals surface area contributed by atoms with Crippen molar-refractivity contribution < 1.29 is 13.9 Å². The number of furan rings is 1. The van der Waals surface area contributed by atoms with E-state index in [1.165, 1.54) is 12.1 Å². The van der Waals surface area contributed by atoms with Crippen LogP contribution in [0.25, 0.3) is 11.0 Å². The molecule has 2 nitrogen and oxygen atoms in total. The Morgan fingerprint density at radius 2 is 1.86 bits per heavy atom. The summed E-state index contributed by atoms with van der Waals surface area (Å²) in [6.45, 7) is 1.68. The van der Waals surface area contributed by atoms with Gasteiger partial charge in [-0.25, -0.2) is 4.39 Å².